The maximum Gasteiger partial charge on any atom is 0.251 e. The lowest BCUT2D eigenvalue weighted by atomic mass is 10.1. The summed E-state index contributed by atoms with van der Waals surface area (Å²) in [5.74, 6) is 1.55. The zero-order valence-electron chi connectivity index (χ0n) is 18.7. The molecule has 2 N–H and O–H groups in total. The van der Waals surface area contributed by atoms with Crippen LogP contribution >= 0.6 is 0 Å². The highest BCUT2D eigenvalue weighted by Crippen LogP contribution is 2.39. The van der Waals surface area contributed by atoms with Gasteiger partial charge in [-0.3, -0.25) is 4.79 Å². The fraction of sp³-hybridized carbons (Fsp3) is 0.261. The lowest BCUT2D eigenvalue weighted by Crippen LogP contribution is -2.27. The van der Waals surface area contributed by atoms with E-state index < -0.39 is 10.0 Å². The van der Waals surface area contributed by atoms with Crippen molar-refractivity contribution in [1.82, 2.24) is 10.0 Å². The van der Waals surface area contributed by atoms with Crippen molar-refractivity contribution in [3.05, 3.63) is 71.7 Å². The number of rotatable bonds is 10. The number of benzene rings is 2. The first-order chi connectivity index (χ1) is 15.8. The number of ether oxygens (including phenoxy) is 3. The van der Waals surface area contributed by atoms with E-state index in [1.165, 1.54) is 51.9 Å². The molecule has 1 unspecified atom stereocenters. The second-order valence-corrected chi connectivity index (χ2v) is 8.85. The summed E-state index contributed by atoms with van der Waals surface area (Å²) < 4.78 is 48.5. The van der Waals surface area contributed by atoms with Gasteiger partial charge in [-0.15, -0.1) is 0 Å². The molecule has 0 aliphatic rings. The Labute approximate surface area is 192 Å². The zero-order valence-corrected chi connectivity index (χ0v) is 19.6. The molecule has 10 heteroatoms. The van der Waals surface area contributed by atoms with E-state index in [1.807, 2.05) is 6.92 Å². The Hall–Kier alpha value is -3.50. The summed E-state index contributed by atoms with van der Waals surface area (Å²) in [4.78, 5) is 12.8. The van der Waals surface area contributed by atoms with Gasteiger partial charge in [0.05, 0.1) is 45.1 Å². The van der Waals surface area contributed by atoms with Gasteiger partial charge in [-0.1, -0.05) is 0 Å². The molecule has 1 heterocycles. The lowest BCUT2D eigenvalue weighted by Gasteiger charge is -2.19. The standard InChI is InChI=1S/C23H26N2O7S/c1-15(17-12-20(29-2)22(31-4)21(13-17)30-3)25-23(26)16-7-9-19(10-8-16)33(27,28)24-14-18-6-5-11-32-18/h5-13,15,24H,14H2,1-4H3,(H,25,26). The van der Waals surface area contributed by atoms with Crippen molar-refractivity contribution >= 4 is 15.9 Å². The molecule has 0 bridgehead atoms. The van der Waals surface area contributed by atoms with E-state index in [2.05, 4.69) is 10.0 Å². The van der Waals surface area contributed by atoms with E-state index in [9.17, 15) is 13.2 Å². The first kappa shape index (κ1) is 24.1. The molecule has 9 nitrogen and oxygen atoms in total. The third-order valence-electron chi connectivity index (χ3n) is 4.98. The first-order valence-electron chi connectivity index (χ1n) is 10.0. The number of nitrogens with one attached hydrogen (secondary N) is 2. The summed E-state index contributed by atoms with van der Waals surface area (Å²) in [5, 5.41) is 2.89. The van der Waals surface area contributed by atoms with Gasteiger partial charge in [0.1, 0.15) is 5.76 Å². The molecular formula is C23H26N2O7S. The third kappa shape index (κ3) is 5.65. The van der Waals surface area contributed by atoms with E-state index >= 15 is 0 Å². The molecule has 0 spiro atoms. The van der Waals surface area contributed by atoms with Crippen LogP contribution in [0.5, 0.6) is 17.2 Å². The Bertz CT molecular complexity index is 1170. The quantitative estimate of drug-likeness (QED) is 0.463. The average molecular weight is 475 g/mol. The van der Waals surface area contributed by atoms with Crippen LogP contribution in [0.15, 0.2) is 64.1 Å². The van der Waals surface area contributed by atoms with E-state index in [0.717, 1.165) is 5.56 Å². The Balaban J connectivity index is 1.70. The van der Waals surface area contributed by atoms with Crippen molar-refractivity contribution in [2.24, 2.45) is 0 Å². The van der Waals surface area contributed by atoms with Gasteiger partial charge in [0.25, 0.3) is 5.91 Å². The molecule has 0 radical (unpaired) electrons. The van der Waals surface area contributed by atoms with Gasteiger partial charge in [-0.25, -0.2) is 13.1 Å². The van der Waals surface area contributed by atoms with E-state index in [1.54, 1.807) is 24.3 Å². The van der Waals surface area contributed by atoms with Crippen LogP contribution in [-0.2, 0) is 16.6 Å². The van der Waals surface area contributed by atoms with Gasteiger partial charge >= 0.3 is 0 Å². The number of amides is 1. The van der Waals surface area contributed by atoms with Gasteiger partial charge in [0.15, 0.2) is 11.5 Å². The highest BCUT2D eigenvalue weighted by molar-refractivity contribution is 7.89. The summed E-state index contributed by atoms with van der Waals surface area (Å²) in [5.41, 5.74) is 1.07. The molecule has 1 aromatic heterocycles. The van der Waals surface area contributed by atoms with Crippen molar-refractivity contribution in [3.63, 3.8) is 0 Å². The van der Waals surface area contributed by atoms with Crippen LogP contribution in [0.25, 0.3) is 0 Å². The lowest BCUT2D eigenvalue weighted by molar-refractivity contribution is 0.0939. The molecule has 1 amide bonds. The number of carbonyl (C=O) groups is 1. The van der Waals surface area contributed by atoms with Crippen molar-refractivity contribution < 1.29 is 31.8 Å². The van der Waals surface area contributed by atoms with Gasteiger partial charge in [-0.05, 0) is 61.0 Å². The minimum absolute atomic E-state index is 0.0316. The average Bonchev–Trinajstić information content (AvgIpc) is 3.35. The van der Waals surface area contributed by atoms with Crippen LogP contribution in [0.3, 0.4) is 0 Å². The van der Waals surface area contributed by atoms with Crippen molar-refractivity contribution in [3.8, 4) is 17.2 Å². The number of hydrogen-bond donors (Lipinski definition) is 2. The maximum absolute atomic E-state index is 12.7. The zero-order chi connectivity index (χ0) is 24.0. The van der Waals surface area contributed by atoms with Crippen molar-refractivity contribution in [1.29, 1.82) is 0 Å². The van der Waals surface area contributed by atoms with E-state index in [-0.39, 0.29) is 23.4 Å². The highest BCUT2D eigenvalue weighted by Gasteiger charge is 2.19. The Morgan fingerprint density at radius 1 is 1.00 bits per heavy atom. The number of carbonyl (C=O) groups excluding carboxylic acids is 1. The predicted octanol–water partition coefficient (Wildman–Crippen LogP) is 3.27. The second-order valence-electron chi connectivity index (χ2n) is 7.08. The largest absolute Gasteiger partial charge is 0.493 e. The number of hydrogen-bond acceptors (Lipinski definition) is 7. The third-order valence-corrected chi connectivity index (χ3v) is 6.40. The molecule has 0 saturated carbocycles. The smallest absolute Gasteiger partial charge is 0.251 e. The van der Waals surface area contributed by atoms with Crippen LogP contribution in [0, 0.1) is 0 Å². The Morgan fingerprint density at radius 2 is 1.64 bits per heavy atom. The van der Waals surface area contributed by atoms with Gasteiger partial charge in [0, 0.05) is 5.56 Å². The molecule has 2 aromatic carbocycles. The Kier molecular flexibility index (Phi) is 7.62. The summed E-state index contributed by atoms with van der Waals surface area (Å²) in [6, 6.07) is 12.1. The number of furan rings is 1. The molecule has 0 fully saturated rings. The molecule has 176 valence electrons. The van der Waals surface area contributed by atoms with Crippen molar-refractivity contribution in [2.45, 2.75) is 24.4 Å². The van der Waals surface area contributed by atoms with E-state index in [4.69, 9.17) is 18.6 Å². The van der Waals surface area contributed by atoms with Crippen molar-refractivity contribution in [2.75, 3.05) is 21.3 Å². The van der Waals surface area contributed by atoms with Crippen LogP contribution in [0.1, 0.15) is 34.6 Å². The summed E-state index contributed by atoms with van der Waals surface area (Å²) in [7, 11) is 0.802. The SMILES string of the molecule is COc1cc(C(C)NC(=O)c2ccc(S(=O)(=O)NCc3ccco3)cc2)cc(OC)c1OC. The van der Waals surface area contributed by atoms with E-state index in [0.29, 0.717) is 28.6 Å². The summed E-state index contributed by atoms with van der Waals surface area (Å²) in [6.07, 6.45) is 1.47. The molecule has 0 saturated heterocycles. The molecule has 3 rings (SSSR count). The predicted molar refractivity (Wildman–Crippen MR) is 121 cm³/mol. The molecule has 0 aliphatic carbocycles. The molecule has 1 atom stereocenters. The fourth-order valence-corrected chi connectivity index (χ4v) is 4.16. The van der Waals surface area contributed by atoms with Gasteiger partial charge < -0.3 is 23.9 Å². The molecular weight excluding hydrogens is 448 g/mol. The minimum Gasteiger partial charge on any atom is -0.493 e. The molecule has 33 heavy (non-hydrogen) atoms. The summed E-state index contributed by atoms with van der Waals surface area (Å²) >= 11 is 0. The maximum atomic E-state index is 12.7. The molecule has 3 aromatic rings. The van der Waals surface area contributed by atoms with Crippen LogP contribution in [0.4, 0.5) is 0 Å². The fourth-order valence-electron chi connectivity index (χ4n) is 3.16. The Morgan fingerprint density at radius 3 is 2.15 bits per heavy atom. The summed E-state index contributed by atoms with van der Waals surface area (Å²) in [6.45, 7) is 1.85. The first-order valence-corrected chi connectivity index (χ1v) is 11.5. The highest BCUT2D eigenvalue weighted by atomic mass is 32.2. The second kappa shape index (κ2) is 10.4. The topological polar surface area (TPSA) is 116 Å². The minimum atomic E-state index is -3.75. The monoisotopic (exact) mass is 474 g/mol. The van der Waals surface area contributed by atoms with Gasteiger partial charge in [0.2, 0.25) is 15.8 Å². The number of sulfonamides is 1. The normalized spacial score (nSPS) is 12.1. The van der Waals surface area contributed by atoms with Crippen LogP contribution in [-0.4, -0.2) is 35.7 Å². The number of methoxy groups -OCH3 is 3. The van der Waals surface area contributed by atoms with Crippen LogP contribution < -0.4 is 24.2 Å². The molecule has 0 aliphatic heterocycles. The van der Waals surface area contributed by atoms with Gasteiger partial charge in [-0.2, -0.15) is 0 Å². The van der Waals surface area contributed by atoms with Crippen LogP contribution in [0.2, 0.25) is 0 Å².